The predicted octanol–water partition coefficient (Wildman–Crippen LogP) is 10.3. The number of alkyl halides is 3. The standard InChI is InChI=1S/C36H42F3P/c1-5-27-14-18-34-30(23-31-32(36(37,38)39)9-6-10-33(31)40-34)29(27)17-11-25(3)22-26-12-15-28(16-13-26)35(4)20-7-8-24(2)19-21-35/h6,9-10,12-16,18,24,27H,3,5,7-8,11,17,19-23H2,1-2,4H3. The summed E-state index contributed by atoms with van der Waals surface area (Å²) in [5, 5.41) is 1.95. The normalized spacial score (nSPS) is 25.1. The Morgan fingerprint density at radius 1 is 1.07 bits per heavy atom. The van der Waals surface area contributed by atoms with E-state index in [0.717, 1.165) is 56.0 Å². The van der Waals surface area contributed by atoms with Crippen LogP contribution in [0.15, 0.2) is 77.9 Å². The molecule has 3 unspecified atom stereocenters. The van der Waals surface area contributed by atoms with Gasteiger partial charge in [0.05, 0.1) is 5.56 Å². The Bertz CT molecular complexity index is 1340. The minimum Gasteiger partial charge on any atom is -0.166 e. The number of fused-ring (bicyclic) bond motifs is 2. The summed E-state index contributed by atoms with van der Waals surface area (Å²) < 4.78 is 41.5. The second-order valence-electron chi connectivity index (χ2n) is 12.6. The third kappa shape index (κ3) is 6.25. The Hall–Kier alpha value is -2.38. The van der Waals surface area contributed by atoms with Crippen molar-refractivity contribution in [2.24, 2.45) is 11.8 Å². The van der Waals surface area contributed by atoms with Gasteiger partial charge in [0.1, 0.15) is 0 Å². The molecular formula is C36H42F3P. The van der Waals surface area contributed by atoms with Crippen LogP contribution < -0.4 is 5.30 Å². The van der Waals surface area contributed by atoms with E-state index in [4.69, 9.17) is 0 Å². The predicted molar refractivity (Wildman–Crippen MR) is 165 cm³/mol. The van der Waals surface area contributed by atoms with Crippen molar-refractivity contribution in [2.45, 2.75) is 96.6 Å². The summed E-state index contributed by atoms with van der Waals surface area (Å²) in [4.78, 5) is 0. The van der Waals surface area contributed by atoms with Crippen molar-refractivity contribution in [2.75, 3.05) is 0 Å². The first kappa shape index (κ1) is 29.1. The maximum absolute atomic E-state index is 13.8. The molecular weight excluding hydrogens is 520 g/mol. The fourth-order valence-electron chi connectivity index (χ4n) is 6.95. The van der Waals surface area contributed by atoms with E-state index in [0.29, 0.717) is 12.0 Å². The van der Waals surface area contributed by atoms with Gasteiger partial charge in [-0.25, -0.2) is 0 Å². The van der Waals surface area contributed by atoms with Gasteiger partial charge in [0.15, 0.2) is 0 Å². The molecule has 0 spiro atoms. The number of benzene rings is 2. The van der Waals surface area contributed by atoms with E-state index in [-0.39, 0.29) is 11.3 Å². The molecule has 0 amide bonds. The highest BCUT2D eigenvalue weighted by atomic mass is 31.1. The van der Waals surface area contributed by atoms with Gasteiger partial charge in [0, 0.05) is 10.6 Å². The number of allylic oxidation sites excluding steroid dienone is 5. The molecule has 2 aliphatic carbocycles. The molecule has 0 bridgehead atoms. The van der Waals surface area contributed by atoms with Crippen molar-refractivity contribution in [3.05, 3.63) is 100 Å². The highest BCUT2D eigenvalue weighted by Crippen LogP contribution is 2.41. The lowest BCUT2D eigenvalue weighted by molar-refractivity contribution is -0.138. The maximum Gasteiger partial charge on any atom is 0.416 e. The van der Waals surface area contributed by atoms with Gasteiger partial charge in [0.2, 0.25) is 0 Å². The largest absolute Gasteiger partial charge is 0.416 e. The summed E-state index contributed by atoms with van der Waals surface area (Å²) in [5.74, 6) is 1.11. The van der Waals surface area contributed by atoms with E-state index >= 15 is 0 Å². The zero-order chi connectivity index (χ0) is 28.5. The van der Waals surface area contributed by atoms with Gasteiger partial charge in [-0.2, -0.15) is 13.2 Å². The van der Waals surface area contributed by atoms with Crippen LogP contribution in [0.4, 0.5) is 13.2 Å². The monoisotopic (exact) mass is 562 g/mol. The highest BCUT2D eigenvalue weighted by molar-refractivity contribution is 7.50. The van der Waals surface area contributed by atoms with Gasteiger partial charge < -0.3 is 0 Å². The van der Waals surface area contributed by atoms with Crippen molar-refractivity contribution >= 4 is 18.8 Å². The minimum atomic E-state index is -4.33. The van der Waals surface area contributed by atoms with Crippen LogP contribution in [0.2, 0.25) is 0 Å². The van der Waals surface area contributed by atoms with Crippen molar-refractivity contribution in [1.29, 1.82) is 0 Å². The molecule has 4 heteroatoms. The molecule has 40 heavy (non-hydrogen) atoms. The van der Waals surface area contributed by atoms with Crippen LogP contribution in [0.5, 0.6) is 0 Å². The molecule has 212 valence electrons. The quantitative estimate of drug-likeness (QED) is 0.179. The Morgan fingerprint density at radius 3 is 2.58 bits per heavy atom. The third-order valence-electron chi connectivity index (χ3n) is 9.59. The molecule has 2 aromatic carbocycles. The van der Waals surface area contributed by atoms with Crippen molar-refractivity contribution in [3.63, 3.8) is 0 Å². The first-order valence-corrected chi connectivity index (χ1v) is 15.9. The smallest absolute Gasteiger partial charge is 0.166 e. The van der Waals surface area contributed by atoms with Gasteiger partial charge in [-0.3, -0.25) is 0 Å². The Morgan fingerprint density at radius 2 is 1.85 bits per heavy atom. The second-order valence-corrected chi connectivity index (χ2v) is 13.8. The minimum absolute atomic E-state index is 0.274. The fourth-order valence-corrected chi connectivity index (χ4v) is 8.23. The number of rotatable bonds is 7. The summed E-state index contributed by atoms with van der Waals surface area (Å²) in [6, 6.07) is 13.8. The summed E-state index contributed by atoms with van der Waals surface area (Å²) in [7, 11) is 0.882. The van der Waals surface area contributed by atoms with Crippen LogP contribution in [0.25, 0.3) is 0 Å². The molecule has 1 fully saturated rings. The highest BCUT2D eigenvalue weighted by Gasteiger charge is 2.36. The van der Waals surface area contributed by atoms with Crippen LogP contribution in [0.3, 0.4) is 0 Å². The summed E-state index contributed by atoms with van der Waals surface area (Å²) in [6.07, 6.45) is 10.5. The number of hydrogen-bond acceptors (Lipinski definition) is 0. The molecule has 0 aromatic heterocycles. The van der Waals surface area contributed by atoms with E-state index < -0.39 is 11.7 Å². The first-order valence-electron chi connectivity index (χ1n) is 15.0. The Balaban J connectivity index is 1.29. The van der Waals surface area contributed by atoms with Crippen LogP contribution in [-0.4, -0.2) is 5.29 Å². The van der Waals surface area contributed by atoms with Gasteiger partial charge in [-0.15, -0.1) is 0 Å². The molecule has 0 N–H and O–H groups in total. The average molecular weight is 563 g/mol. The van der Waals surface area contributed by atoms with Crippen LogP contribution in [0.1, 0.15) is 94.4 Å². The van der Waals surface area contributed by atoms with Crippen molar-refractivity contribution < 1.29 is 13.2 Å². The lowest BCUT2D eigenvalue weighted by atomic mass is 9.76. The molecule has 1 saturated carbocycles. The van der Waals surface area contributed by atoms with Crippen molar-refractivity contribution in [3.8, 4) is 0 Å². The molecule has 1 heterocycles. The third-order valence-corrected chi connectivity index (χ3v) is 10.9. The molecule has 0 nitrogen and oxygen atoms in total. The molecule has 3 atom stereocenters. The van der Waals surface area contributed by atoms with E-state index in [2.05, 4.69) is 63.8 Å². The van der Waals surface area contributed by atoms with Crippen LogP contribution in [0, 0.1) is 11.8 Å². The van der Waals surface area contributed by atoms with E-state index in [9.17, 15) is 13.2 Å². The molecule has 0 radical (unpaired) electrons. The van der Waals surface area contributed by atoms with Crippen LogP contribution in [-0.2, 0) is 24.4 Å². The first-order chi connectivity index (χ1) is 19.1. The summed E-state index contributed by atoms with van der Waals surface area (Å²) in [6.45, 7) is 11.4. The van der Waals surface area contributed by atoms with Crippen LogP contribution >= 0.6 is 8.20 Å². The lowest BCUT2D eigenvalue weighted by Gasteiger charge is -2.30. The average Bonchev–Trinajstić information content (AvgIpc) is 3.10. The number of halogens is 3. The SMILES string of the molecule is C=C(CCC1=C2Cc3c(cccc3C(F)(F)F)P=C2C=CC1CC)Cc1ccc(C2(C)CCCC(C)CC2)cc1. The fraction of sp³-hybridized carbons (Fsp3) is 0.472. The van der Waals surface area contributed by atoms with Gasteiger partial charge >= 0.3 is 6.18 Å². The van der Waals surface area contributed by atoms with Crippen molar-refractivity contribution in [1.82, 2.24) is 0 Å². The molecule has 3 aliphatic rings. The van der Waals surface area contributed by atoms with Gasteiger partial charge in [-0.1, -0.05) is 108 Å². The maximum atomic E-state index is 13.8. The second kappa shape index (κ2) is 11.8. The lowest BCUT2D eigenvalue weighted by Crippen LogP contribution is -2.25. The van der Waals surface area contributed by atoms with Gasteiger partial charge in [-0.05, 0) is 96.9 Å². The van der Waals surface area contributed by atoms with E-state index in [1.54, 1.807) is 6.07 Å². The Labute approximate surface area is 240 Å². The molecule has 0 saturated heterocycles. The summed E-state index contributed by atoms with van der Waals surface area (Å²) in [5.41, 5.74) is 6.62. The zero-order valence-electron chi connectivity index (χ0n) is 24.2. The Kier molecular flexibility index (Phi) is 8.63. The van der Waals surface area contributed by atoms with E-state index in [1.165, 1.54) is 60.4 Å². The molecule has 5 rings (SSSR count). The molecule has 2 aromatic rings. The zero-order valence-corrected chi connectivity index (χ0v) is 25.1. The van der Waals surface area contributed by atoms with Gasteiger partial charge in [0.25, 0.3) is 0 Å². The molecule has 1 aliphatic heterocycles. The topological polar surface area (TPSA) is 0 Å². The number of hydrogen-bond donors (Lipinski definition) is 0. The van der Waals surface area contributed by atoms with E-state index in [1.807, 2.05) is 6.07 Å². The summed E-state index contributed by atoms with van der Waals surface area (Å²) >= 11 is 0.